The normalized spacial score (nSPS) is 47.5. The third-order valence-corrected chi connectivity index (χ3v) is 3.01. The zero-order valence-electron chi connectivity index (χ0n) is 6.93. The topological polar surface area (TPSA) is 35.2 Å². The SMILES string of the molecule is CC12CC(CN)(CCO1)C2.Cl. The van der Waals surface area contributed by atoms with Crippen molar-refractivity contribution >= 4 is 12.4 Å². The smallest absolute Gasteiger partial charge is 0.0666 e. The van der Waals surface area contributed by atoms with Crippen LogP contribution in [0.3, 0.4) is 0 Å². The van der Waals surface area contributed by atoms with Crippen LogP contribution in [0.2, 0.25) is 0 Å². The summed E-state index contributed by atoms with van der Waals surface area (Å²) in [6.45, 7) is 3.97. The maximum Gasteiger partial charge on any atom is 0.0666 e. The molecule has 1 aliphatic carbocycles. The van der Waals surface area contributed by atoms with Gasteiger partial charge in [0.15, 0.2) is 0 Å². The highest BCUT2D eigenvalue weighted by Gasteiger charge is 2.54. The number of halogens is 1. The van der Waals surface area contributed by atoms with Gasteiger partial charge in [0.2, 0.25) is 0 Å². The lowest BCUT2D eigenvalue weighted by molar-refractivity contribution is -0.210. The van der Waals surface area contributed by atoms with Gasteiger partial charge < -0.3 is 10.5 Å². The van der Waals surface area contributed by atoms with E-state index in [4.69, 9.17) is 10.5 Å². The molecule has 3 heteroatoms. The van der Waals surface area contributed by atoms with Crippen LogP contribution in [0.1, 0.15) is 26.2 Å². The van der Waals surface area contributed by atoms with E-state index in [1.165, 1.54) is 19.3 Å². The van der Waals surface area contributed by atoms with E-state index in [0.29, 0.717) is 5.41 Å². The van der Waals surface area contributed by atoms with Crippen LogP contribution >= 0.6 is 12.4 Å². The molecule has 3 aliphatic rings. The second-order valence-electron chi connectivity index (χ2n) is 4.11. The van der Waals surface area contributed by atoms with Crippen LogP contribution in [0.25, 0.3) is 0 Å². The number of hydrogen-bond donors (Lipinski definition) is 1. The Hall–Kier alpha value is 0.210. The standard InChI is InChI=1S/C8H15NO.ClH/c1-7-4-8(5-7,6-9)2-3-10-7;/h2-6,9H2,1H3;1H. The van der Waals surface area contributed by atoms with Gasteiger partial charge in [-0.05, 0) is 38.1 Å². The second kappa shape index (κ2) is 2.61. The van der Waals surface area contributed by atoms with Crippen LogP contribution in [-0.4, -0.2) is 18.8 Å². The van der Waals surface area contributed by atoms with E-state index < -0.39 is 0 Å². The zero-order valence-corrected chi connectivity index (χ0v) is 7.75. The Labute approximate surface area is 73.9 Å². The van der Waals surface area contributed by atoms with E-state index in [-0.39, 0.29) is 18.0 Å². The number of hydrogen-bond acceptors (Lipinski definition) is 2. The van der Waals surface area contributed by atoms with Gasteiger partial charge in [0, 0.05) is 6.61 Å². The van der Waals surface area contributed by atoms with E-state index in [9.17, 15) is 0 Å². The quantitative estimate of drug-likeness (QED) is 0.656. The molecular weight excluding hydrogens is 162 g/mol. The van der Waals surface area contributed by atoms with Gasteiger partial charge in [-0.3, -0.25) is 0 Å². The lowest BCUT2D eigenvalue weighted by atomic mass is 9.56. The maximum atomic E-state index is 5.68. The molecule has 2 heterocycles. The molecular formula is C8H16ClNO. The summed E-state index contributed by atoms with van der Waals surface area (Å²) in [7, 11) is 0. The molecule has 1 saturated carbocycles. The average Bonchev–Trinajstić information content (AvgIpc) is 1.86. The van der Waals surface area contributed by atoms with Gasteiger partial charge in [0.1, 0.15) is 0 Å². The Kier molecular flexibility index (Phi) is 2.21. The van der Waals surface area contributed by atoms with Crippen molar-refractivity contribution < 1.29 is 4.74 Å². The number of nitrogens with two attached hydrogens (primary N) is 1. The van der Waals surface area contributed by atoms with Crippen molar-refractivity contribution in [3.63, 3.8) is 0 Å². The Balaban J connectivity index is 0.000000605. The van der Waals surface area contributed by atoms with Gasteiger partial charge in [-0.1, -0.05) is 0 Å². The van der Waals surface area contributed by atoms with E-state index in [1.807, 2.05) is 0 Å². The summed E-state index contributed by atoms with van der Waals surface area (Å²) in [5.74, 6) is 0. The summed E-state index contributed by atoms with van der Waals surface area (Å²) < 4.78 is 5.60. The number of rotatable bonds is 1. The van der Waals surface area contributed by atoms with Gasteiger partial charge in [0.05, 0.1) is 5.60 Å². The molecule has 0 amide bonds. The lowest BCUT2D eigenvalue weighted by Crippen LogP contribution is -2.59. The molecule has 2 nitrogen and oxygen atoms in total. The summed E-state index contributed by atoms with van der Waals surface area (Å²) in [6.07, 6.45) is 3.56. The number of fused-ring (bicyclic) bond motifs is 2. The summed E-state index contributed by atoms with van der Waals surface area (Å²) in [5, 5.41) is 0. The van der Waals surface area contributed by atoms with Gasteiger partial charge in [-0.2, -0.15) is 0 Å². The lowest BCUT2D eigenvalue weighted by Gasteiger charge is -2.58. The van der Waals surface area contributed by atoms with Gasteiger partial charge in [-0.25, -0.2) is 0 Å². The van der Waals surface area contributed by atoms with Crippen LogP contribution in [0.15, 0.2) is 0 Å². The van der Waals surface area contributed by atoms with Crippen molar-refractivity contribution in [1.82, 2.24) is 0 Å². The van der Waals surface area contributed by atoms with Crippen LogP contribution < -0.4 is 5.73 Å². The highest BCUT2D eigenvalue weighted by Crippen LogP contribution is 2.55. The van der Waals surface area contributed by atoms with E-state index >= 15 is 0 Å². The van der Waals surface area contributed by atoms with Crippen molar-refractivity contribution in [3.8, 4) is 0 Å². The first kappa shape index (κ1) is 9.30. The molecule has 0 spiro atoms. The van der Waals surface area contributed by atoms with E-state index in [2.05, 4.69) is 6.92 Å². The predicted molar refractivity (Wildman–Crippen MR) is 46.9 cm³/mol. The fourth-order valence-electron chi connectivity index (χ4n) is 2.57. The van der Waals surface area contributed by atoms with Crippen molar-refractivity contribution in [1.29, 1.82) is 0 Å². The van der Waals surface area contributed by atoms with E-state index in [0.717, 1.165) is 13.2 Å². The molecule has 3 rings (SSSR count). The molecule has 66 valence electrons. The molecule has 0 unspecified atom stereocenters. The first-order chi connectivity index (χ1) is 4.68. The minimum absolute atomic E-state index is 0. The Bertz CT molecular complexity index is 154. The fourth-order valence-corrected chi connectivity index (χ4v) is 2.57. The van der Waals surface area contributed by atoms with Gasteiger partial charge in [0.25, 0.3) is 0 Å². The van der Waals surface area contributed by atoms with Crippen molar-refractivity contribution in [2.75, 3.05) is 13.2 Å². The van der Waals surface area contributed by atoms with E-state index in [1.54, 1.807) is 0 Å². The first-order valence-electron chi connectivity index (χ1n) is 4.02. The minimum Gasteiger partial charge on any atom is -0.375 e. The first-order valence-corrected chi connectivity index (χ1v) is 4.02. The van der Waals surface area contributed by atoms with Crippen LogP contribution in [0, 0.1) is 5.41 Å². The monoisotopic (exact) mass is 177 g/mol. The molecule has 2 aliphatic heterocycles. The van der Waals surface area contributed by atoms with Gasteiger partial charge in [-0.15, -0.1) is 12.4 Å². The maximum absolute atomic E-state index is 5.68. The Morgan fingerprint density at radius 1 is 1.45 bits per heavy atom. The summed E-state index contributed by atoms with van der Waals surface area (Å²) in [4.78, 5) is 0. The van der Waals surface area contributed by atoms with Crippen LogP contribution in [0.4, 0.5) is 0 Å². The summed E-state index contributed by atoms with van der Waals surface area (Å²) in [6, 6.07) is 0. The van der Waals surface area contributed by atoms with Crippen molar-refractivity contribution in [2.45, 2.75) is 31.8 Å². The molecule has 0 radical (unpaired) electrons. The van der Waals surface area contributed by atoms with Crippen LogP contribution in [0.5, 0.6) is 0 Å². The van der Waals surface area contributed by atoms with Crippen molar-refractivity contribution in [3.05, 3.63) is 0 Å². The third-order valence-electron chi connectivity index (χ3n) is 3.01. The largest absolute Gasteiger partial charge is 0.375 e. The molecule has 0 aromatic rings. The summed E-state index contributed by atoms with van der Waals surface area (Å²) >= 11 is 0. The average molecular weight is 178 g/mol. The number of ether oxygens (including phenoxy) is 1. The van der Waals surface area contributed by atoms with Gasteiger partial charge >= 0.3 is 0 Å². The molecule has 2 saturated heterocycles. The molecule has 2 bridgehead atoms. The molecule has 0 aromatic carbocycles. The Morgan fingerprint density at radius 3 is 2.45 bits per heavy atom. The highest BCUT2D eigenvalue weighted by atomic mass is 35.5. The molecule has 11 heavy (non-hydrogen) atoms. The third kappa shape index (κ3) is 1.28. The fraction of sp³-hybridized carbons (Fsp3) is 1.00. The molecule has 3 fully saturated rings. The highest BCUT2D eigenvalue weighted by molar-refractivity contribution is 5.85. The predicted octanol–water partition coefficient (Wildman–Crippen LogP) is 1.33. The van der Waals surface area contributed by atoms with Crippen LogP contribution in [-0.2, 0) is 4.74 Å². The van der Waals surface area contributed by atoms with Crippen molar-refractivity contribution in [2.24, 2.45) is 11.1 Å². The molecule has 2 N–H and O–H groups in total. The second-order valence-corrected chi connectivity index (χ2v) is 4.11. The minimum atomic E-state index is 0. The molecule has 0 atom stereocenters. The molecule has 0 aromatic heterocycles. The Morgan fingerprint density at radius 2 is 2.09 bits per heavy atom. The summed E-state index contributed by atoms with van der Waals surface area (Å²) in [5.41, 5.74) is 6.36. The zero-order chi connectivity index (χ0) is 7.24.